The summed E-state index contributed by atoms with van der Waals surface area (Å²) in [7, 11) is 0. The molecule has 0 aliphatic heterocycles. The summed E-state index contributed by atoms with van der Waals surface area (Å²) in [5.41, 5.74) is 1.81. The van der Waals surface area contributed by atoms with E-state index in [1.807, 2.05) is 42.5 Å². The Hall–Kier alpha value is -2.80. The largest absolute Gasteiger partial charge is 0.489 e. The highest BCUT2D eigenvalue weighted by Gasteiger charge is 2.08. The van der Waals surface area contributed by atoms with E-state index in [4.69, 9.17) is 9.15 Å². The van der Waals surface area contributed by atoms with Crippen LogP contribution in [-0.2, 0) is 11.4 Å². The highest BCUT2D eigenvalue weighted by Crippen LogP contribution is 2.19. The third-order valence-electron chi connectivity index (χ3n) is 3.22. The van der Waals surface area contributed by atoms with Crippen LogP contribution in [0.2, 0.25) is 0 Å². The molecule has 0 radical (unpaired) electrons. The minimum Gasteiger partial charge on any atom is -0.489 e. The van der Waals surface area contributed by atoms with Crippen molar-refractivity contribution >= 4 is 23.4 Å². The number of aryl methyl sites for hydroxylation is 1. The molecule has 3 aromatic rings. The second-order valence-corrected chi connectivity index (χ2v) is 6.15. The van der Waals surface area contributed by atoms with Gasteiger partial charge in [0.25, 0.3) is 5.22 Å². The maximum absolute atomic E-state index is 11.9. The lowest BCUT2D eigenvalue weighted by Crippen LogP contribution is -2.13. The molecule has 6 nitrogen and oxygen atoms in total. The molecule has 1 aromatic heterocycles. The van der Waals surface area contributed by atoms with Gasteiger partial charge < -0.3 is 14.5 Å². The predicted molar refractivity (Wildman–Crippen MR) is 95.6 cm³/mol. The van der Waals surface area contributed by atoms with Crippen molar-refractivity contribution in [2.45, 2.75) is 18.8 Å². The number of aromatic nitrogens is 2. The summed E-state index contributed by atoms with van der Waals surface area (Å²) in [4.78, 5) is 11.9. The van der Waals surface area contributed by atoms with Gasteiger partial charge in [-0.25, -0.2) is 0 Å². The molecule has 0 spiro atoms. The monoisotopic (exact) mass is 355 g/mol. The zero-order valence-electron chi connectivity index (χ0n) is 13.6. The van der Waals surface area contributed by atoms with Crippen molar-refractivity contribution in [3.8, 4) is 5.75 Å². The van der Waals surface area contributed by atoms with E-state index in [9.17, 15) is 4.79 Å². The van der Waals surface area contributed by atoms with Gasteiger partial charge in [-0.3, -0.25) is 4.79 Å². The summed E-state index contributed by atoms with van der Waals surface area (Å²) >= 11 is 1.20. The summed E-state index contributed by atoms with van der Waals surface area (Å²) in [6.45, 7) is 2.21. The highest BCUT2D eigenvalue weighted by molar-refractivity contribution is 7.99. The van der Waals surface area contributed by atoms with Crippen LogP contribution in [0.5, 0.6) is 5.75 Å². The number of benzene rings is 2. The standard InChI is InChI=1S/C18H17N3O3S/c1-13-20-21-18(24-13)25-12-17(22)19-15-7-9-16(10-8-15)23-11-14-5-3-2-4-6-14/h2-10H,11-12H2,1H3,(H,19,22). The average molecular weight is 355 g/mol. The smallest absolute Gasteiger partial charge is 0.277 e. The molecule has 1 amide bonds. The number of rotatable bonds is 7. The quantitative estimate of drug-likeness (QED) is 0.651. The molecule has 0 saturated carbocycles. The van der Waals surface area contributed by atoms with Gasteiger partial charge in [0.1, 0.15) is 12.4 Å². The summed E-state index contributed by atoms with van der Waals surface area (Å²) in [6, 6.07) is 17.2. The van der Waals surface area contributed by atoms with E-state index in [1.165, 1.54) is 11.8 Å². The fraction of sp³-hybridized carbons (Fsp3) is 0.167. The van der Waals surface area contributed by atoms with E-state index in [0.717, 1.165) is 11.3 Å². The van der Waals surface area contributed by atoms with Gasteiger partial charge in [-0.2, -0.15) is 0 Å². The molecule has 0 aliphatic carbocycles. The third-order valence-corrected chi connectivity index (χ3v) is 4.04. The van der Waals surface area contributed by atoms with Crippen molar-refractivity contribution in [2.24, 2.45) is 0 Å². The van der Waals surface area contributed by atoms with Crippen LogP contribution in [0.3, 0.4) is 0 Å². The lowest BCUT2D eigenvalue weighted by Gasteiger charge is -2.08. The SMILES string of the molecule is Cc1nnc(SCC(=O)Nc2ccc(OCc3ccccc3)cc2)o1. The van der Waals surface area contributed by atoms with Crippen LogP contribution in [-0.4, -0.2) is 21.9 Å². The normalized spacial score (nSPS) is 10.4. The lowest BCUT2D eigenvalue weighted by atomic mass is 10.2. The molecule has 0 bridgehead atoms. The number of anilines is 1. The van der Waals surface area contributed by atoms with Gasteiger partial charge in [-0.05, 0) is 29.8 Å². The van der Waals surface area contributed by atoms with Gasteiger partial charge in [-0.15, -0.1) is 10.2 Å². The second kappa shape index (κ2) is 8.34. The van der Waals surface area contributed by atoms with Crippen molar-refractivity contribution in [1.29, 1.82) is 0 Å². The lowest BCUT2D eigenvalue weighted by molar-refractivity contribution is -0.113. The molecule has 0 unspecified atom stereocenters. The zero-order chi connectivity index (χ0) is 17.5. The summed E-state index contributed by atoms with van der Waals surface area (Å²) in [5.74, 6) is 1.29. The molecule has 2 aromatic carbocycles. The maximum Gasteiger partial charge on any atom is 0.277 e. The molecule has 128 valence electrons. The van der Waals surface area contributed by atoms with Crippen LogP contribution in [0.1, 0.15) is 11.5 Å². The van der Waals surface area contributed by atoms with Crippen molar-refractivity contribution in [3.63, 3.8) is 0 Å². The van der Waals surface area contributed by atoms with Crippen molar-refractivity contribution in [1.82, 2.24) is 10.2 Å². The number of ether oxygens (including phenoxy) is 1. The summed E-state index contributed by atoms with van der Waals surface area (Å²) < 4.78 is 10.9. The Morgan fingerprint density at radius 3 is 2.56 bits per heavy atom. The minimum absolute atomic E-state index is 0.140. The second-order valence-electron chi connectivity index (χ2n) is 5.22. The topological polar surface area (TPSA) is 77.2 Å². The minimum atomic E-state index is -0.140. The van der Waals surface area contributed by atoms with E-state index < -0.39 is 0 Å². The molecule has 3 rings (SSSR count). The van der Waals surface area contributed by atoms with Gasteiger partial charge in [0.05, 0.1) is 5.75 Å². The van der Waals surface area contributed by atoms with Gasteiger partial charge in [0.15, 0.2) is 0 Å². The molecule has 7 heteroatoms. The summed E-state index contributed by atoms with van der Waals surface area (Å²) in [5, 5.41) is 10.7. The Morgan fingerprint density at radius 1 is 1.12 bits per heavy atom. The first-order chi connectivity index (χ1) is 12.2. The van der Waals surface area contributed by atoms with Crippen LogP contribution < -0.4 is 10.1 Å². The van der Waals surface area contributed by atoms with Crippen molar-refractivity contribution in [2.75, 3.05) is 11.1 Å². The first kappa shape index (κ1) is 17.0. The molecular weight excluding hydrogens is 338 g/mol. The molecular formula is C18H17N3O3S. The average Bonchev–Trinajstić information content (AvgIpc) is 3.06. The van der Waals surface area contributed by atoms with E-state index >= 15 is 0 Å². The highest BCUT2D eigenvalue weighted by atomic mass is 32.2. The Labute approximate surface area is 149 Å². The van der Waals surface area contributed by atoms with E-state index in [1.54, 1.807) is 19.1 Å². The molecule has 25 heavy (non-hydrogen) atoms. The molecule has 1 heterocycles. The predicted octanol–water partition coefficient (Wildman–Crippen LogP) is 3.69. The number of amides is 1. The number of hydrogen-bond donors (Lipinski definition) is 1. The number of hydrogen-bond acceptors (Lipinski definition) is 6. The Balaban J connectivity index is 1.46. The number of carbonyl (C=O) groups is 1. The van der Waals surface area contributed by atoms with Crippen LogP contribution >= 0.6 is 11.8 Å². The Bertz CT molecular complexity index is 819. The van der Waals surface area contributed by atoms with Crippen LogP contribution in [0.15, 0.2) is 64.2 Å². The molecule has 0 saturated heterocycles. The van der Waals surface area contributed by atoms with E-state index in [-0.39, 0.29) is 11.7 Å². The number of nitrogens with zero attached hydrogens (tertiary/aromatic N) is 2. The maximum atomic E-state index is 11.9. The first-order valence-electron chi connectivity index (χ1n) is 7.68. The fourth-order valence-electron chi connectivity index (χ4n) is 2.04. The van der Waals surface area contributed by atoms with Gasteiger partial charge in [0, 0.05) is 12.6 Å². The third kappa shape index (κ3) is 5.36. The molecule has 0 fully saturated rings. The van der Waals surface area contributed by atoms with Gasteiger partial charge >= 0.3 is 0 Å². The molecule has 1 N–H and O–H groups in total. The fourth-order valence-corrected chi connectivity index (χ4v) is 2.64. The summed E-state index contributed by atoms with van der Waals surface area (Å²) in [6.07, 6.45) is 0. The number of carbonyl (C=O) groups excluding carboxylic acids is 1. The Morgan fingerprint density at radius 2 is 1.88 bits per heavy atom. The Kier molecular flexibility index (Phi) is 5.69. The van der Waals surface area contributed by atoms with Crippen LogP contribution in [0, 0.1) is 6.92 Å². The van der Waals surface area contributed by atoms with E-state index in [0.29, 0.717) is 23.4 Å². The zero-order valence-corrected chi connectivity index (χ0v) is 14.5. The van der Waals surface area contributed by atoms with E-state index in [2.05, 4.69) is 15.5 Å². The van der Waals surface area contributed by atoms with Gasteiger partial charge in [-0.1, -0.05) is 42.1 Å². The molecule has 0 atom stereocenters. The van der Waals surface area contributed by atoms with Crippen molar-refractivity contribution in [3.05, 3.63) is 66.1 Å². The first-order valence-corrected chi connectivity index (χ1v) is 8.67. The number of thioether (sulfide) groups is 1. The van der Waals surface area contributed by atoms with Crippen molar-refractivity contribution < 1.29 is 13.9 Å². The van der Waals surface area contributed by atoms with Gasteiger partial charge in [0.2, 0.25) is 11.8 Å². The number of nitrogens with one attached hydrogen (secondary N) is 1. The molecule has 0 aliphatic rings. The van der Waals surface area contributed by atoms with Crippen LogP contribution in [0.4, 0.5) is 5.69 Å². The van der Waals surface area contributed by atoms with Crippen LogP contribution in [0.25, 0.3) is 0 Å².